The van der Waals surface area contributed by atoms with Gasteiger partial charge in [0, 0.05) is 29.4 Å². The second-order valence-corrected chi connectivity index (χ2v) is 4.46. The number of rotatable bonds is 3. The van der Waals surface area contributed by atoms with Gasteiger partial charge in [-0.2, -0.15) is 0 Å². The van der Waals surface area contributed by atoms with E-state index >= 15 is 0 Å². The third-order valence-electron chi connectivity index (χ3n) is 2.81. The van der Waals surface area contributed by atoms with E-state index in [4.69, 9.17) is 16.3 Å². The molecule has 19 heavy (non-hydrogen) atoms. The molecule has 1 aromatic carbocycles. The lowest BCUT2D eigenvalue weighted by atomic mass is 10.2. The molecule has 0 aliphatic heterocycles. The summed E-state index contributed by atoms with van der Waals surface area (Å²) >= 11 is 5.98. The van der Waals surface area contributed by atoms with Crippen molar-refractivity contribution in [1.29, 1.82) is 0 Å². The first kappa shape index (κ1) is 11.9. The zero-order valence-electron chi connectivity index (χ0n) is 10.1. The van der Waals surface area contributed by atoms with Crippen LogP contribution >= 0.6 is 11.6 Å². The monoisotopic (exact) mass is 270 g/mol. The molecule has 3 rings (SSSR count). The first-order valence-electron chi connectivity index (χ1n) is 5.90. The number of halogens is 1. The molecule has 0 N–H and O–H groups in total. The van der Waals surface area contributed by atoms with Gasteiger partial charge in [-0.25, -0.2) is 4.98 Å². The molecule has 3 aromatic rings. The van der Waals surface area contributed by atoms with Gasteiger partial charge >= 0.3 is 0 Å². The Morgan fingerprint density at radius 2 is 1.84 bits per heavy atom. The van der Waals surface area contributed by atoms with E-state index in [1.807, 2.05) is 42.5 Å². The second kappa shape index (κ2) is 5.24. The van der Waals surface area contributed by atoms with E-state index in [0.29, 0.717) is 11.8 Å². The number of aromatic nitrogens is 2. The summed E-state index contributed by atoms with van der Waals surface area (Å²) in [6, 6.07) is 13.5. The molecule has 0 radical (unpaired) electrons. The Morgan fingerprint density at radius 3 is 2.74 bits per heavy atom. The molecule has 0 aliphatic carbocycles. The number of benzene rings is 1. The zero-order chi connectivity index (χ0) is 13.1. The van der Waals surface area contributed by atoms with E-state index < -0.39 is 0 Å². The maximum Gasteiger partial charge on any atom is 0.135 e. The van der Waals surface area contributed by atoms with E-state index in [1.54, 1.807) is 12.4 Å². The highest BCUT2D eigenvalue weighted by Gasteiger charge is 2.02. The summed E-state index contributed by atoms with van der Waals surface area (Å²) in [6.07, 6.45) is 3.43. The number of hydrogen-bond donors (Lipinski definition) is 0. The van der Waals surface area contributed by atoms with Crippen molar-refractivity contribution in [3.05, 3.63) is 65.6 Å². The van der Waals surface area contributed by atoms with Crippen LogP contribution in [0, 0.1) is 0 Å². The average Bonchev–Trinajstić information content (AvgIpc) is 2.46. The standard InChI is InChI=1S/C15H11ClN2O/c16-15-12(4-2-8-18-15)10-19-13-6-5-11-3-1-7-17-14(11)9-13/h1-9H,10H2. The number of fused-ring (bicyclic) bond motifs is 1. The van der Waals surface area contributed by atoms with E-state index in [2.05, 4.69) is 9.97 Å². The normalized spacial score (nSPS) is 10.6. The molecule has 0 aliphatic rings. The van der Waals surface area contributed by atoms with Crippen LogP contribution in [-0.2, 0) is 6.61 Å². The molecule has 0 saturated carbocycles. The number of nitrogens with zero attached hydrogens (tertiary/aromatic N) is 2. The van der Waals surface area contributed by atoms with Crippen LogP contribution in [0.15, 0.2) is 54.9 Å². The lowest BCUT2D eigenvalue weighted by Gasteiger charge is -2.07. The fraction of sp³-hybridized carbons (Fsp3) is 0.0667. The molecule has 0 bridgehead atoms. The Morgan fingerprint density at radius 1 is 1.00 bits per heavy atom. The topological polar surface area (TPSA) is 35.0 Å². The number of pyridine rings is 2. The van der Waals surface area contributed by atoms with Gasteiger partial charge in [-0.1, -0.05) is 23.7 Å². The fourth-order valence-electron chi connectivity index (χ4n) is 1.82. The molecule has 0 fully saturated rings. The Hall–Kier alpha value is -2.13. The van der Waals surface area contributed by atoms with Crippen molar-refractivity contribution in [2.75, 3.05) is 0 Å². The summed E-state index contributed by atoms with van der Waals surface area (Å²) < 4.78 is 5.72. The molecule has 0 saturated heterocycles. The van der Waals surface area contributed by atoms with Gasteiger partial charge in [-0.05, 0) is 24.3 Å². The van der Waals surface area contributed by atoms with Crippen molar-refractivity contribution in [2.24, 2.45) is 0 Å². The van der Waals surface area contributed by atoms with Gasteiger partial charge in [0.25, 0.3) is 0 Å². The fourth-order valence-corrected chi connectivity index (χ4v) is 2.00. The summed E-state index contributed by atoms with van der Waals surface area (Å²) in [5, 5.41) is 1.57. The lowest BCUT2D eigenvalue weighted by molar-refractivity contribution is 0.306. The molecular formula is C15H11ClN2O. The molecule has 3 nitrogen and oxygen atoms in total. The van der Waals surface area contributed by atoms with Crippen molar-refractivity contribution in [1.82, 2.24) is 9.97 Å². The maximum atomic E-state index is 5.98. The minimum Gasteiger partial charge on any atom is -0.489 e. The van der Waals surface area contributed by atoms with E-state index in [9.17, 15) is 0 Å². The predicted molar refractivity (Wildman–Crippen MR) is 75.3 cm³/mol. The number of ether oxygens (including phenoxy) is 1. The minimum atomic E-state index is 0.394. The highest BCUT2D eigenvalue weighted by atomic mass is 35.5. The van der Waals surface area contributed by atoms with Gasteiger partial charge in [0.1, 0.15) is 17.5 Å². The molecular weight excluding hydrogens is 260 g/mol. The maximum absolute atomic E-state index is 5.98. The SMILES string of the molecule is Clc1ncccc1COc1ccc2cccnc2c1. The largest absolute Gasteiger partial charge is 0.489 e. The van der Waals surface area contributed by atoms with E-state index in [0.717, 1.165) is 22.2 Å². The van der Waals surface area contributed by atoms with Crippen LogP contribution < -0.4 is 4.74 Å². The molecule has 0 spiro atoms. The van der Waals surface area contributed by atoms with Gasteiger partial charge in [-0.15, -0.1) is 0 Å². The second-order valence-electron chi connectivity index (χ2n) is 4.10. The van der Waals surface area contributed by atoms with E-state index in [1.165, 1.54) is 0 Å². The smallest absolute Gasteiger partial charge is 0.135 e. The van der Waals surface area contributed by atoms with Crippen LogP contribution in [0.1, 0.15) is 5.56 Å². The van der Waals surface area contributed by atoms with Crippen molar-refractivity contribution < 1.29 is 4.74 Å². The summed E-state index contributed by atoms with van der Waals surface area (Å²) in [5.41, 5.74) is 1.78. The Labute approximate surface area is 115 Å². The summed E-state index contributed by atoms with van der Waals surface area (Å²) in [5.74, 6) is 0.770. The van der Waals surface area contributed by atoms with Crippen LogP contribution in [0.4, 0.5) is 0 Å². The molecule has 0 unspecified atom stereocenters. The highest BCUT2D eigenvalue weighted by molar-refractivity contribution is 6.30. The molecule has 0 amide bonds. The van der Waals surface area contributed by atoms with Gasteiger partial charge in [0.2, 0.25) is 0 Å². The third kappa shape index (κ3) is 2.66. The van der Waals surface area contributed by atoms with Crippen LogP contribution in [0.2, 0.25) is 5.15 Å². The highest BCUT2D eigenvalue weighted by Crippen LogP contribution is 2.21. The Balaban J connectivity index is 1.80. The van der Waals surface area contributed by atoms with Gasteiger partial charge in [0.05, 0.1) is 5.52 Å². The van der Waals surface area contributed by atoms with Crippen LogP contribution in [0.25, 0.3) is 10.9 Å². The van der Waals surface area contributed by atoms with Crippen LogP contribution in [-0.4, -0.2) is 9.97 Å². The van der Waals surface area contributed by atoms with Crippen molar-refractivity contribution >= 4 is 22.5 Å². The first-order chi connectivity index (χ1) is 9.33. The minimum absolute atomic E-state index is 0.394. The molecule has 0 atom stereocenters. The van der Waals surface area contributed by atoms with Gasteiger partial charge in [0.15, 0.2) is 0 Å². The van der Waals surface area contributed by atoms with Crippen molar-refractivity contribution in [3.8, 4) is 5.75 Å². The molecule has 94 valence electrons. The van der Waals surface area contributed by atoms with Crippen molar-refractivity contribution in [3.63, 3.8) is 0 Å². The lowest BCUT2D eigenvalue weighted by Crippen LogP contribution is -1.97. The third-order valence-corrected chi connectivity index (χ3v) is 3.15. The Bertz CT molecular complexity index is 715. The van der Waals surface area contributed by atoms with Gasteiger partial charge in [-0.3, -0.25) is 4.98 Å². The quantitative estimate of drug-likeness (QED) is 0.678. The first-order valence-corrected chi connectivity index (χ1v) is 6.28. The van der Waals surface area contributed by atoms with Gasteiger partial charge < -0.3 is 4.74 Å². The summed E-state index contributed by atoms with van der Waals surface area (Å²) in [7, 11) is 0. The molecule has 2 heterocycles. The predicted octanol–water partition coefficient (Wildman–Crippen LogP) is 3.86. The summed E-state index contributed by atoms with van der Waals surface area (Å²) in [4.78, 5) is 8.31. The van der Waals surface area contributed by atoms with E-state index in [-0.39, 0.29) is 0 Å². The summed E-state index contributed by atoms with van der Waals surface area (Å²) in [6.45, 7) is 0.394. The van der Waals surface area contributed by atoms with Crippen molar-refractivity contribution in [2.45, 2.75) is 6.61 Å². The Kier molecular flexibility index (Phi) is 3.29. The zero-order valence-corrected chi connectivity index (χ0v) is 10.8. The molecule has 2 aromatic heterocycles. The van der Waals surface area contributed by atoms with Crippen LogP contribution in [0.3, 0.4) is 0 Å². The average molecular weight is 271 g/mol. The molecule has 4 heteroatoms. The number of hydrogen-bond acceptors (Lipinski definition) is 3. The van der Waals surface area contributed by atoms with Crippen LogP contribution in [0.5, 0.6) is 5.75 Å².